The van der Waals surface area contributed by atoms with Gasteiger partial charge in [-0.25, -0.2) is 4.79 Å². The summed E-state index contributed by atoms with van der Waals surface area (Å²) >= 11 is 0. The molecule has 3 N–H and O–H groups in total. The molecule has 37 heavy (non-hydrogen) atoms. The maximum absolute atomic E-state index is 13.7. The summed E-state index contributed by atoms with van der Waals surface area (Å²) in [5, 5.41) is 16.3. The van der Waals surface area contributed by atoms with Gasteiger partial charge in [-0.05, 0) is 61.1 Å². The molecule has 0 aromatic heterocycles. The van der Waals surface area contributed by atoms with Crippen molar-refractivity contribution in [2.45, 2.75) is 82.0 Å². The van der Waals surface area contributed by atoms with Crippen LogP contribution in [-0.2, 0) is 20.8 Å². The van der Waals surface area contributed by atoms with E-state index >= 15 is 0 Å². The molecule has 0 bridgehead atoms. The van der Waals surface area contributed by atoms with Crippen molar-refractivity contribution < 1.29 is 19.5 Å². The minimum absolute atomic E-state index is 0.155. The second kappa shape index (κ2) is 11.5. The number of nitrogens with zero attached hydrogens (tertiary/aromatic N) is 1. The molecule has 0 spiro atoms. The topological polar surface area (TPSA) is 98.7 Å². The van der Waals surface area contributed by atoms with Crippen LogP contribution < -0.4 is 10.6 Å². The number of piperidine rings is 1. The zero-order valence-electron chi connectivity index (χ0n) is 21.3. The van der Waals surface area contributed by atoms with Gasteiger partial charge in [-0.15, -0.1) is 0 Å². The van der Waals surface area contributed by atoms with Gasteiger partial charge in [0, 0.05) is 19.0 Å². The first-order valence-electron chi connectivity index (χ1n) is 13.7. The van der Waals surface area contributed by atoms with Crippen LogP contribution in [0.5, 0.6) is 0 Å². The lowest BCUT2D eigenvalue weighted by Crippen LogP contribution is -2.58. The molecule has 3 aliphatic rings. The van der Waals surface area contributed by atoms with Gasteiger partial charge in [0.2, 0.25) is 11.8 Å². The molecule has 2 heterocycles. The Balaban J connectivity index is 1.34. The molecule has 7 nitrogen and oxygen atoms in total. The lowest BCUT2D eigenvalue weighted by molar-refractivity contribution is -0.153. The first-order chi connectivity index (χ1) is 18.0. The number of aliphatic carboxylic acids is 1. The number of nitrogens with one attached hydrogen (secondary N) is 2. The Bertz CT molecular complexity index is 1090. The smallest absolute Gasteiger partial charge is 0.326 e. The molecule has 3 fully saturated rings. The van der Waals surface area contributed by atoms with Crippen molar-refractivity contribution in [2.24, 2.45) is 5.92 Å². The highest BCUT2D eigenvalue weighted by atomic mass is 16.4. The van der Waals surface area contributed by atoms with Crippen molar-refractivity contribution in [1.82, 2.24) is 15.5 Å². The van der Waals surface area contributed by atoms with Gasteiger partial charge in [0.1, 0.15) is 12.1 Å². The van der Waals surface area contributed by atoms with Crippen molar-refractivity contribution in [3.63, 3.8) is 0 Å². The normalized spacial score (nSPS) is 26.2. The van der Waals surface area contributed by atoms with E-state index in [1.54, 1.807) is 0 Å². The van der Waals surface area contributed by atoms with Crippen LogP contribution >= 0.6 is 0 Å². The fourth-order valence-electron chi connectivity index (χ4n) is 6.35. The number of carboxylic acid groups (broad SMARTS) is 1. The zero-order chi connectivity index (χ0) is 25.8. The quantitative estimate of drug-likeness (QED) is 0.534. The third kappa shape index (κ3) is 5.87. The van der Waals surface area contributed by atoms with E-state index in [1.165, 1.54) is 17.7 Å². The minimum atomic E-state index is -0.980. The number of carboxylic acids is 1. The summed E-state index contributed by atoms with van der Waals surface area (Å²) in [5.74, 6) is -0.921. The molecule has 2 amide bonds. The van der Waals surface area contributed by atoms with Crippen LogP contribution in [0.25, 0.3) is 11.1 Å². The van der Waals surface area contributed by atoms with Gasteiger partial charge in [-0.1, -0.05) is 67.4 Å². The van der Waals surface area contributed by atoms with Crippen LogP contribution in [0.4, 0.5) is 0 Å². The molecule has 2 unspecified atom stereocenters. The average molecular weight is 504 g/mol. The molecule has 5 rings (SSSR count). The summed E-state index contributed by atoms with van der Waals surface area (Å²) in [7, 11) is 0. The zero-order valence-corrected chi connectivity index (χ0v) is 21.3. The van der Waals surface area contributed by atoms with Gasteiger partial charge < -0.3 is 20.6 Å². The first kappa shape index (κ1) is 25.5. The third-order valence-corrected chi connectivity index (χ3v) is 8.37. The second-order valence-corrected chi connectivity index (χ2v) is 10.8. The molecule has 2 aliphatic heterocycles. The van der Waals surface area contributed by atoms with Gasteiger partial charge in [0.15, 0.2) is 0 Å². The Morgan fingerprint density at radius 3 is 2.35 bits per heavy atom. The maximum atomic E-state index is 13.7. The van der Waals surface area contributed by atoms with E-state index in [2.05, 4.69) is 22.8 Å². The van der Waals surface area contributed by atoms with E-state index < -0.39 is 18.1 Å². The number of hydrogen-bond donors (Lipinski definition) is 3. The fraction of sp³-hybridized carbons (Fsp3) is 0.500. The fourth-order valence-corrected chi connectivity index (χ4v) is 6.35. The summed E-state index contributed by atoms with van der Waals surface area (Å²) in [6.45, 7) is 0.404. The SMILES string of the molecule is O=C(N[C@H](Cc1ccc(-c2ccccc2)cc1)C(=O)N1CCCC[C@H]1C(=O)O)[C@@H]1CC2CCCCC2N1. The van der Waals surface area contributed by atoms with Crippen LogP contribution in [-0.4, -0.2) is 58.5 Å². The van der Waals surface area contributed by atoms with Gasteiger partial charge in [-0.3, -0.25) is 9.59 Å². The molecule has 0 radical (unpaired) electrons. The molecule has 2 aromatic rings. The van der Waals surface area contributed by atoms with Gasteiger partial charge in [-0.2, -0.15) is 0 Å². The molecule has 1 saturated carbocycles. The first-order valence-corrected chi connectivity index (χ1v) is 13.7. The Hall–Kier alpha value is -3.19. The number of rotatable bonds is 7. The highest BCUT2D eigenvalue weighted by Crippen LogP contribution is 2.33. The molecule has 2 saturated heterocycles. The lowest BCUT2D eigenvalue weighted by Gasteiger charge is -2.36. The van der Waals surface area contributed by atoms with Crippen LogP contribution in [0.3, 0.4) is 0 Å². The van der Waals surface area contributed by atoms with Gasteiger partial charge in [0.05, 0.1) is 6.04 Å². The average Bonchev–Trinajstić information content (AvgIpc) is 3.38. The third-order valence-electron chi connectivity index (χ3n) is 8.37. The molecule has 1 aliphatic carbocycles. The molecule has 7 heteroatoms. The number of benzene rings is 2. The molecule has 2 aromatic carbocycles. The Kier molecular flexibility index (Phi) is 7.89. The minimum Gasteiger partial charge on any atom is -0.480 e. The maximum Gasteiger partial charge on any atom is 0.326 e. The van der Waals surface area contributed by atoms with Crippen molar-refractivity contribution >= 4 is 17.8 Å². The Labute approximate surface area is 218 Å². The van der Waals surface area contributed by atoms with E-state index in [0.717, 1.165) is 48.8 Å². The highest BCUT2D eigenvalue weighted by molar-refractivity contribution is 5.92. The van der Waals surface area contributed by atoms with E-state index in [-0.39, 0.29) is 17.9 Å². The van der Waals surface area contributed by atoms with E-state index in [4.69, 9.17) is 0 Å². The Morgan fingerprint density at radius 1 is 0.919 bits per heavy atom. The number of amides is 2. The molecular formula is C30H37N3O4. The number of likely N-dealkylation sites (tertiary alicyclic amines) is 1. The van der Waals surface area contributed by atoms with Crippen molar-refractivity contribution in [3.05, 3.63) is 60.2 Å². The standard InChI is InChI=1S/C30H37N3O4/c34-28(25-19-23-10-4-5-11-24(23)31-25)32-26(29(35)33-17-7-6-12-27(33)30(36)37)18-20-13-15-22(16-14-20)21-8-2-1-3-9-21/h1-3,8-9,13-16,23-27,31H,4-7,10-12,17-19H2,(H,32,34)(H,36,37)/t23?,24?,25-,26+,27-/m0/s1. The van der Waals surface area contributed by atoms with Gasteiger partial charge >= 0.3 is 5.97 Å². The summed E-state index contributed by atoms with van der Waals surface area (Å²) < 4.78 is 0. The van der Waals surface area contributed by atoms with Crippen LogP contribution in [0.1, 0.15) is 56.9 Å². The van der Waals surface area contributed by atoms with Crippen molar-refractivity contribution in [2.75, 3.05) is 6.54 Å². The predicted molar refractivity (Wildman–Crippen MR) is 142 cm³/mol. The van der Waals surface area contributed by atoms with Crippen molar-refractivity contribution in [3.8, 4) is 11.1 Å². The molecular weight excluding hydrogens is 466 g/mol. The Morgan fingerprint density at radius 2 is 1.62 bits per heavy atom. The van der Waals surface area contributed by atoms with Crippen LogP contribution in [0, 0.1) is 5.92 Å². The van der Waals surface area contributed by atoms with E-state index in [1.807, 2.05) is 42.5 Å². The highest BCUT2D eigenvalue weighted by Gasteiger charge is 2.41. The number of fused-ring (bicyclic) bond motifs is 1. The number of carbonyl (C=O) groups excluding carboxylic acids is 2. The molecule has 196 valence electrons. The molecule has 5 atom stereocenters. The van der Waals surface area contributed by atoms with Crippen LogP contribution in [0.2, 0.25) is 0 Å². The summed E-state index contributed by atoms with van der Waals surface area (Å²) in [5.41, 5.74) is 3.12. The predicted octanol–water partition coefficient (Wildman–Crippen LogP) is 3.77. The van der Waals surface area contributed by atoms with E-state index in [0.29, 0.717) is 31.3 Å². The van der Waals surface area contributed by atoms with Crippen molar-refractivity contribution in [1.29, 1.82) is 0 Å². The van der Waals surface area contributed by atoms with Crippen LogP contribution in [0.15, 0.2) is 54.6 Å². The van der Waals surface area contributed by atoms with Gasteiger partial charge in [0.25, 0.3) is 0 Å². The number of hydrogen-bond acceptors (Lipinski definition) is 4. The summed E-state index contributed by atoms with van der Waals surface area (Å²) in [6.07, 6.45) is 7.76. The monoisotopic (exact) mass is 503 g/mol. The lowest BCUT2D eigenvalue weighted by atomic mass is 9.85. The summed E-state index contributed by atoms with van der Waals surface area (Å²) in [6, 6.07) is 16.5. The van der Waals surface area contributed by atoms with E-state index in [9.17, 15) is 19.5 Å². The summed E-state index contributed by atoms with van der Waals surface area (Å²) in [4.78, 5) is 40.5. The largest absolute Gasteiger partial charge is 0.480 e. The second-order valence-electron chi connectivity index (χ2n) is 10.8. The number of carbonyl (C=O) groups is 3.